The molecular formula is C62H62F4N6O6. The number of benzene rings is 4. The summed E-state index contributed by atoms with van der Waals surface area (Å²) in [6.07, 6.45) is 6.73. The number of ether oxygens (including phenoxy) is 2. The summed E-state index contributed by atoms with van der Waals surface area (Å²) in [7, 11) is 0. The Morgan fingerprint density at radius 1 is 0.500 bits per heavy atom. The van der Waals surface area contributed by atoms with Crippen molar-refractivity contribution in [1.82, 2.24) is 29.4 Å². The van der Waals surface area contributed by atoms with E-state index in [0.717, 1.165) is 114 Å². The second-order valence-corrected chi connectivity index (χ2v) is 22.0. The van der Waals surface area contributed by atoms with Gasteiger partial charge in [0.1, 0.15) is 11.5 Å². The molecule has 12 nitrogen and oxygen atoms in total. The van der Waals surface area contributed by atoms with E-state index >= 15 is 0 Å². The van der Waals surface area contributed by atoms with Crippen LogP contribution in [-0.4, -0.2) is 66.1 Å². The van der Waals surface area contributed by atoms with Gasteiger partial charge in [-0.1, -0.05) is 46.7 Å². The summed E-state index contributed by atoms with van der Waals surface area (Å²) in [6.45, 7) is 16.9. The van der Waals surface area contributed by atoms with Crippen LogP contribution in [0.5, 0.6) is 0 Å². The van der Waals surface area contributed by atoms with Crippen LogP contribution in [0.25, 0.3) is 66.1 Å². The first-order valence-electron chi connectivity index (χ1n) is 26.5. The Bertz CT molecular complexity index is 3600. The standard InChI is InChI=1S/2C31H31F2N3O3/c2*1-17-28(18(2)39-35-17)21-14-27-29(34-16-21)23-7-6-22(31(3,4)37)15-26(23)36(27)30(19-9-11-38-12-10-19)20-5-8-24(32)25(33)13-20/h2*5-8,13-16,19,30,37H,9-12H2,1-4H3. The van der Waals surface area contributed by atoms with Crippen molar-refractivity contribution in [2.75, 3.05) is 26.4 Å². The number of rotatable bonds is 10. The summed E-state index contributed by atoms with van der Waals surface area (Å²) in [4.78, 5) is 9.80. The van der Waals surface area contributed by atoms with E-state index in [4.69, 9.17) is 28.5 Å². The van der Waals surface area contributed by atoms with Gasteiger partial charge in [0, 0.05) is 71.8 Å². The quantitative estimate of drug-likeness (QED) is 0.127. The second kappa shape index (κ2) is 20.5. The predicted octanol–water partition coefficient (Wildman–Crippen LogP) is 14.0. The average Bonchev–Trinajstić information content (AvgIpc) is 4.31. The van der Waals surface area contributed by atoms with Gasteiger partial charge in [-0.05, 0) is 164 Å². The smallest absolute Gasteiger partial charge is 0.159 e. The Balaban J connectivity index is 0.000000165. The van der Waals surface area contributed by atoms with Crippen LogP contribution in [0.2, 0.25) is 0 Å². The van der Waals surface area contributed by atoms with Crippen LogP contribution in [0.3, 0.4) is 0 Å². The highest BCUT2D eigenvalue weighted by molar-refractivity contribution is 6.08. The largest absolute Gasteiger partial charge is 0.386 e. The van der Waals surface area contributed by atoms with Crippen molar-refractivity contribution in [3.05, 3.63) is 166 Å². The molecule has 2 aliphatic rings. The molecule has 16 heteroatoms. The van der Waals surface area contributed by atoms with E-state index in [1.165, 1.54) is 24.3 Å². The molecule has 0 saturated carbocycles. The lowest BCUT2D eigenvalue weighted by Crippen LogP contribution is -2.27. The van der Waals surface area contributed by atoms with Crippen LogP contribution >= 0.6 is 0 Å². The molecule has 12 rings (SSSR count). The minimum absolute atomic E-state index is 0.107. The summed E-state index contributed by atoms with van der Waals surface area (Å²) < 4.78 is 84.1. The zero-order valence-corrected chi connectivity index (χ0v) is 44.9. The van der Waals surface area contributed by atoms with E-state index in [-0.39, 0.29) is 23.9 Å². The molecule has 0 bridgehead atoms. The van der Waals surface area contributed by atoms with Crippen molar-refractivity contribution in [3.8, 4) is 22.3 Å². The highest BCUT2D eigenvalue weighted by Gasteiger charge is 2.34. The van der Waals surface area contributed by atoms with Gasteiger partial charge in [-0.3, -0.25) is 9.97 Å². The highest BCUT2D eigenvalue weighted by atomic mass is 19.2. The summed E-state index contributed by atoms with van der Waals surface area (Å²) in [5, 5.41) is 31.8. The van der Waals surface area contributed by atoms with Crippen molar-refractivity contribution >= 4 is 43.9 Å². The third-order valence-corrected chi connectivity index (χ3v) is 15.9. The Hall–Kier alpha value is -7.24. The van der Waals surface area contributed by atoms with Crippen LogP contribution < -0.4 is 0 Å². The molecule has 8 heterocycles. The molecule has 78 heavy (non-hydrogen) atoms. The summed E-state index contributed by atoms with van der Waals surface area (Å²) in [5.41, 5.74) is 10.8. The van der Waals surface area contributed by atoms with Crippen molar-refractivity contribution in [2.24, 2.45) is 11.8 Å². The molecule has 2 unspecified atom stereocenters. The van der Waals surface area contributed by atoms with Crippen LogP contribution in [-0.2, 0) is 20.7 Å². The van der Waals surface area contributed by atoms with E-state index in [1.807, 2.05) is 76.5 Å². The normalized spacial score (nSPS) is 15.9. The lowest BCUT2D eigenvalue weighted by Gasteiger charge is -2.33. The lowest BCUT2D eigenvalue weighted by molar-refractivity contribution is 0.0551. The predicted molar refractivity (Wildman–Crippen MR) is 291 cm³/mol. The molecule has 2 saturated heterocycles. The molecule has 2 atom stereocenters. The van der Waals surface area contributed by atoms with Gasteiger partial charge in [0.25, 0.3) is 0 Å². The van der Waals surface area contributed by atoms with Crippen LogP contribution in [0, 0.1) is 62.8 Å². The Morgan fingerprint density at radius 2 is 0.885 bits per heavy atom. The number of aliphatic hydroxyl groups is 2. The molecule has 4 aromatic carbocycles. The summed E-state index contributed by atoms with van der Waals surface area (Å²) in [6, 6.07) is 23.6. The van der Waals surface area contributed by atoms with Gasteiger partial charge < -0.3 is 37.9 Å². The number of nitrogens with zero attached hydrogens (tertiary/aromatic N) is 6. The van der Waals surface area contributed by atoms with Crippen molar-refractivity contribution in [1.29, 1.82) is 0 Å². The number of pyridine rings is 2. The summed E-state index contributed by atoms with van der Waals surface area (Å²) >= 11 is 0. The molecule has 404 valence electrons. The topological polar surface area (TPSA) is 147 Å². The number of hydrogen-bond donors (Lipinski definition) is 2. The van der Waals surface area contributed by atoms with Crippen molar-refractivity contribution in [2.45, 2.75) is 104 Å². The van der Waals surface area contributed by atoms with Gasteiger partial charge in [0.05, 0.1) is 67.8 Å². The average molecular weight is 1060 g/mol. The van der Waals surface area contributed by atoms with Gasteiger partial charge in [-0.15, -0.1) is 0 Å². The molecule has 0 radical (unpaired) electrons. The number of hydrogen-bond acceptors (Lipinski definition) is 10. The maximum absolute atomic E-state index is 14.7. The number of aromatic nitrogens is 6. The third kappa shape index (κ3) is 9.66. The first-order chi connectivity index (χ1) is 37.3. The van der Waals surface area contributed by atoms with Gasteiger partial charge in [-0.25, -0.2) is 17.6 Å². The fourth-order valence-corrected chi connectivity index (χ4v) is 12.0. The van der Waals surface area contributed by atoms with E-state index in [9.17, 15) is 27.8 Å². The number of aryl methyl sites for hydroxylation is 4. The number of halogens is 4. The van der Waals surface area contributed by atoms with Crippen LogP contribution in [0.1, 0.15) is 111 Å². The Labute approximate surface area is 448 Å². The van der Waals surface area contributed by atoms with Gasteiger partial charge in [0.15, 0.2) is 23.3 Å². The minimum Gasteiger partial charge on any atom is -0.386 e. The Morgan fingerprint density at radius 3 is 1.22 bits per heavy atom. The maximum atomic E-state index is 14.7. The molecule has 0 aliphatic carbocycles. The van der Waals surface area contributed by atoms with E-state index in [2.05, 4.69) is 31.6 Å². The monoisotopic (exact) mass is 1060 g/mol. The first-order valence-corrected chi connectivity index (χ1v) is 26.5. The Kier molecular flexibility index (Phi) is 13.9. The molecule has 10 aromatic rings. The highest BCUT2D eigenvalue weighted by Crippen LogP contribution is 2.45. The lowest BCUT2D eigenvalue weighted by atomic mass is 9.86. The zero-order chi connectivity index (χ0) is 54.9. The SMILES string of the molecule is Cc1noc(C)c1-c1cnc2c3ccc(C(C)(C)O)cc3n(C(c3ccc(F)c(F)c3)C3CCOCC3)c2c1.Cc1noc(C)c1-c1cnc2c3ccc(C(C)(C)O)cc3n(C(c3ccc(F)c(F)c3)C3CCOCC3)c2c1. The molecule has 2 aliphatic heterocycles. The minimum atomic E-state index is -1.07. The van der Waals surface area contributed by atoms with E-state index in [0.29, 0.717) is 49.1 Å². The van der Waals surface area contributed by atoms with Gasteiger partial charge >= 0.3 is 0 Å². The molecule has 6 aromatic heterocycles. The molecule has 2 N–H and O–H groups in total. The second-order valence-electron chi connectivity index (χ2n) is 22.0. The fraction of sp³-hybridized carbons (Fsp3) is 0.355. The number of fused-ring (bicyclic) bond motifs is 6. The molecule has 0 amide bonds. The zero-order valence-electron chi connectivity index (χ0n) is 44.9. The fourth-order valence-electron chi connectivity index (χ4n) is 12.0. The molecular weight excluding hydrogens is 1000 g/mol. The summed E-state index contributed by atoms with van der Waals surface area (Å²) in [5.74, 6) is -1.90. The molecule has 0 spiro atoms. The van der Waals surface area contributed by atoms with Crippen molar-refractivity contribution in [3.63, 3.8) is 0 Å². The maximum Gasteiger partial charge on any atom is 0.159 e. The van der Waals surface area contributed by atoms with Crippen LogP contribution in [0.4, 0.5) is 17.6 Å². The first kappa shape index (κ1) is 52.8. The van der Waals surface area contributed by atoms with Crippen molar-refractivity contribution < 1.29 is 46.3 Å². The van der Waals surface area contributed by atoms with Gasteiger partial charge in [0.2, 0.25) is 0 Å². The third-order valence-electron chi connectivity index (χ3n) is 15.9. The van der Waals surface area contributed by atoms with E-state index in [1.54, 1.807) is 39.8 Å². The van der Waals surface area contributed by atoms with Gasteiger partial charge in [-0.2, -0.15) is 0 Å². The molecule has 2 fully saturated rings. The van der Waals surface area contributed by atoms with E-state index < -0.39 is 34.5 Å². The van der Waals surface area contributed by atoms with Crippen LogP contribution in [0.15, 0.2) is 106 Å².